The Morgan fingerprint density at radius 1 is 1.16 bits per heavy atom. The molecule has 0 amide bonds. The van der Waals surface area contributed by atoms with Crippen LogP contribution in [0.4, 0.5) is 17.6 Å². The Morgan fingerprint density at radius 2 is 1.88 bits per heavy atom. The topological polar surface area (TPSA) is 165 Å². The highest BCUT2D eigenvalue weighted by molar-refractivity contribution is 7.95. The second-order valence-electron chi connectivity index (χ2n) is 10.4. The van der Waals surface area contributed by atoms with Gasteiger partial charge in [-0.25, -0.2) is 8.42 Å². The van der Waals surface area contributed by atoms with Crippen LogP contribution in [0.5, 0.6) is 0 Å². The van der Waals surface area contributed by atoms with Gasteiger partial charge >= 0.3 is 6.18 Å². The first-order valence-corrected chi connectivity index (χ1v) is 14.5. The molecule has 0 bridgehead atoms. The molecule has 3 N–H and O–H groups in total. The molecule has 2 aliphatic heterocycles. The third-order valence-electron chi connectivity index (χ3n) is 7.40. The van der Waals surface area contributed by atoms with Crippen molar-refractivity contribution in [1.82, 2.24) is 20.4 Å². The number of halogens is 4. The van der Waals surface area contributed by atoms with Gasteiger partial charge in [-0.3, -0.25) is 9.78 Å². The van der Waals surface area contributed by atoms with E-state index in [1.165, 1.54) is 12.1 Å². The van der Waals surface area contributed by atoms with Crippen LogP contribution in [-0.4, -0.2) is 41.1 Å². The summed E-state index contributed by atoms with van der Waals surface area (Å²) < 4.78 is 85.6. The van der Waals surface area contributed by atoms with Crippen LogP contribution in [0.2, 0.25) is 0 Å². The number of carbonyl (C=O) groups is 1. The molecule has 1 aromatic carbocycles. The number of allylic oxidation sites excluding steroid dienone is 3. The number of nitrogens with zero attached hydrogens (tertiary/aromatic N) is 4. The van der Waals surface area contributed by atoms with Crippen LogP contribution < -0.4 is 11.1 Å². The second-order valence-corrected chi connectivity index (χ2v) is 12.4. The van der Waals surface area contributed by atoms with Crippen molar-refractivity contribution in [2.75, 3.05) is 5.75 Å². The fraction of sp³-hybridized carbons (Fsp3) is 0.250. The van der Waals surface area contributed by atoms with Crippen LogP contribution >= 0.6 is 0 Å². The maximum absolute atomic E-state index is 15.6. The third kappa shape index (κ3) is 5.12. The summed E-state index contributed by atoms with van der Waals surface area (Å²) in [6, 6.07) is 9.30. The van der Waals surface area contributed by atoms with Gasteiger partial charge in [0.2, 0.25) is 17.7 Å². The number of benzene rings is 1. The number of nitrogens with one attached hydrogen (secondary N) is 1. The van der Waals surface area contributed by atoms with E-state index in [9.17, 15) is 31.6 Å². The van der Waals surface area contributed by atoms with E-state index < -0.39 is 55.5 Å². The number of hydrogen-bond acceptors (Lipinski definition) is 10. The molecule has 43 heavy (non-hydrogen) atoms. The number of alkyl halides is 3. The highest BCUT2D eigenvalue weighted by Crippen LogP contribution is 2.47. The van der Waals surface area contributed by atoms with Crippen molar-refractivity contribution in [2.45, 2.75) is 36.9 Å². The maximum Gasteiger partial charge on any atom is 0.417 e. The number of carbonyl (C=O) groups excluding carboxylic acids is 1. The van der Waals surface area contributed by atoms with Crippen molar-refractivity contribution in [3.8, 4) is 17.3 Å². The quantitative estimate of drug-likeness (QED) is 0.321. The lowest BCUT2D eigenvalue weighted by Gasteiger charge is -2.24. The van der Waals surface area contributed by atoms with Gasteiger partial charge in [-0.1, -0.05) is 29.4 Å². The summed E-state index contributed by atoms with van der Waals surface area (Å²) in [5.74, 6) is -2.83. The fourth-order valence-electron chi connectivity index (χ4n) is 4.84. The Labute approximate surface area is 241 Å². The molecule has 3 aliphatic rings. The number of Topliss-reactive ketones (excluding diaryl/α,β-unsaturated/α-hetero) is 1. The molecule has 6 rings (SSSR count). The minimum absolute atomic E-state index is 0.000374. The molecule has 1 aliphatic carbocycles. The summed E-state index contributed by atoms with van der Waals surface area (Å²) in [6.45, 7) is 0. The van der Waals surface area contributed by atoms with Gasteiger partial charge in [0.15, 0.2) is 15.6 Å². The first-order chi connectivity index (χ1) is 20.3. The number of aromatic nitrogens is 3. The third-order valence-corrected chi connectivity index (χ3v) is 9.12. The molecule has 0 radical (unpaired) electrons. The molecule has 2 aromatic heterocycles. The van der Waals surface area contributed by atoms with Crippen LogP contribution in [0.15, 0.2) is 75.3 Å². The van der Waals surface area contributed by atoms with E-state index in [0.717, 1.165) is 12.3 Å². The Bertz CT molecular complexity index is 1900. The number of sulfone groups is 1. The molecule has 1 fully saturated rings. The highest BCUT2D eigenvalue weighted by atomic mass is 32.2. The van der Waals surface area contributed by atoms with Gasteiger partial charge in [-0.15, -0.1) is 0 Å². The van der Waals surface area contributed by atoms with Gasteiger partial charge in [0, 0.05) is 11.8 Å². The van der Waals surface area contributed by atoms with Gasteiger partial charge in [0.1, 0.15) is 10.4 Å². The van der Waals surface area contributed by atoms with Crippen molar-refractivity contribution in [2.24, 2.45) is 5.73 Å². The van der Waals surface area contributed by atoms with Gasteiger partial charge in [-0.2, -0.15) is 27.8 Å². The molecule has 4 heterocycles. The van der Waals surface area contributed by atoms with Gasteiger partial charge in [0.05, 0.1) is 40.3 Å². The van der Waals surface area contributed by atoms with Crippen LogP contribution in [0.1, 0.15) is 35.7 Å². The van der Waals surface area contributed by atoms with E-state index in [1.807, 2.05) is 0 Å². The predicted molar refractivity (Wildman–Crippen MR) is 142 cm³/mol. The number of pyridine rings is 1. The van der Waals surface area contributed by atoms with Crippen molar-refractivity contribution in [3.63, 3.8) is 0 Å². The lowest BCUT2D eigenvalue weighted by Crippen LogP contribution is -2.45. The average Bonchev–Trinajstić information content (AvgIpc) is 3.65. The predicted octanol–water partition coefficient (Wildman–Crippen LogP) is 3.65. The Balaban J connectivity index is 1.39. The second kappa shape index (κ2) is 9.96. The zero-order valence-corrected chi connectivity index (χ0v) is 22.8. The highest BCUT2D eigenvalue weighted by Gasteiger charge is 2.50. The number of nitriles is 1. The molecule has 15 heteroatoms. The van der Waals surface area contributed by atoms with E-state index in [2.05, 4.69) is 26.5 Å². The summed E-state index contributed by atoms with van der Waals surface area (Å²) in [6.07, 6.45) is -1.65. The average molecular weight is 613 g/mol. The van der Waals surface area contributed by atoms with E-state index in [0.29, 0.717) is 24.0 Å². The Kier molecular flexibility index (Phi) is 6.58. The molecular formula is C28H20F4N6O4S. The van der Waals surface area contributed by atoms with Crippen LogP contribution in [-0.2, 0) is 32.6 Å². The Hall–Kier alpha value is -4.68. The largest absolute Gasteiger partial charge is 0.417 e. The summed E-state index contributed by atoms with van der Waals surface area (Å²) >= 11 is 0. The normalized spacial score (nSPS) is 21.0. The molecular weight excluding hydrogens is 592 g/mol. The van der Waals surface area contributed by atoms with Gasteiger partial charge in [0.25, 0.3) is 0 Å². The van der Waals surface area contributed by atoms with Crippen molar-refractivity contribution in [3.05, 3.63) is 93.6 Å². The standard InChI is InChI=1S/C28H20F4N6O4S/c29-23-18(24-37-26(42-38-24)27(13-33)7-8-27)10-16(21-22(39)19(34)12-43(40,41)25(21)36-23)9-14-1-3-15(4-2-14)20-6-5-17(11-35-20)28(30,31)32/h1-6,10-11,19,36H,7-9,12,34H2/t19-/m0/s1. The number of hydrogen-bond donors (Lipinski definition) is 2. The van der Waals surface area contributed by atoms with Crippen LogP contribution in [0, 0.1) is 11.3 Å². The molecule has 220 valence electrons. The van der Waals surface area contributed by atoms with Crippen molar-refractivity contribution >= 4 is 21.2 Å². The van der Waals surface area contributed by atoms with Gasteiger partial charge < -0.3 is 15.6 Å². The number of rotatable bonds is 5. The number of ketones is 1. The summed E-state index contributed by atoms with van der Waals surface area (Å²) in [5.41, 5.74) is 4.86. The van der Waals surface area contributed by atoms with E-state index in [4.69, 9.17) is 10.3 Å². The zero-order chi connectivity index (χ0) is 30.7. The monoisotopic (exact) mass is 612 g/mol. The zero-order valence-electron chi connectivity index (χ0n) is 21.9. The Morgan fingerprint density at radius 3 is 2.49 bits per heavy atom. The first-order valence-electron chi connectivity index (χ1n) is 12.8. The van der Waals surface area contributed by atoms with Crippen molar-refractivity contribution < 1.29 is 35.3 Å². The fourth-order valence-corrected chi connectivity index (χ4v) is 6.42. The summed E-state index contributed by atoms with van der Waals surface area (Å²) in [5, 5.41) is 14.8. The maximum atomic E-state index is 15.6. The molecule has 0 spiro atoms. The summed E-state index contributed by atoms with van der Waals surface area (Å²) in [7, 11) is -4.21. The van der Waals surface area contributed by atoms with E-state index in [-0.39, 0.29) is 40.5 Å². The van der Waals surface area contributed by atoms with Crippen LogP contribution in [0.3, 0.4) is 0 Å². The molecule has 0 saturated heterocycles. The minimum atomic E-state index is -4.53. The SMILES string of the molecule is N#CC1(c2nc(C3=C(F)NC4=C(C(=O)[C@@H](N)CS4(=O)=O)C(Cc4ccc(-c5ccc(C(F)(F)F)cn5)cc4)=C3)no2)CC1. The molecule has 0 unspecified atom stereocenters. The van der Waals surface area contributed by atoms with Crippen molar-refractivity contribution in [1.29, 1.82) is 5.26 Å². The van der Waals surface area contributed by atoms with Gasteiger partial charge in [-0.05, 0) is 48.6 Å². The van der Waals surface area contributed by atoms with E-state index in [1.54, 1.807) is 24.3 Å². The molecule has 3 aromatic rings. The first kappa shape index (κ1) is 28.4. The smallest absolute Gasteiger partial charge is 0.337 e. The lowest BCUT2D eigenvalue weighted by atomic mass is 9.91. The van der Waals surface area contributed by atoms with Crippen LogP contribution in [0.25, 0.3) is 16.8 Å². The summed E-state index contributed by atoms with van der Waals surface area (Å²) in [4.78, 5) is 21.3. The molecule has 1 saturated carbocycles. The minimum Gasteiger partial charge on any atom is -0.337 e. The molecule has 10 nitrogen and oxygen atoms in total. The lowest BCUT2D eigenvalue weighted by molar-refractivity contribution is -0.137. The van der Waals surface area contributed by atoms with E-state index >= 15 is 4.39 Å². The number of nitrogens with two attached hydrogens (primary N) is 1. The molecule has 1 atom stereocenters.